The molecule has 0 unspecified atom stereocenters. The second kappa shape index (κ2) is 13.6. The van der Waals surface area contributed by atoms with Crippen LogP contribution in [0.15, 0.2) is 55.1 Å². The highest BCUT2D eigenvalue weighted by molar-refractivity contribution is 6.08. The molecule has 0 fully saturated rings. The number of hydrogen-bond acceptors (Lipinski definition) is 2. The molecule has 0 saturated carbocycles. The van der Waals surface area contributed by atoms with Crippen LogP contribution in [0.5, 0.6) is 0 Å². The summed E-state index contributed by atoms with van der Waals surface area (Å²) < 4.78 is 0. The molecule has 1 aliphatic rings. The van der Waals surface area contributed by atoms with Crippen molar-refractivity contribution in [1.82, 2.24) is 0 Å². The van der Waals surface area contributed by atoms with Gasteiger partial charge in [-0.05, 0) is 54.0 Å². The molecule has 2 aromatic carbocycles. The number of rotatable bonds is 17. The Morgan fingerprint density at radius 2 is 1.46 bits per heavy atom. The first-order chi connectivity index (χ1) is 17.1. The maximum Gasteiger partial charge on any atom is 0.170 e. The van der Waals surface area contributed by atoms with E-state index in [4.69, 9.17) is 0 Å². The Balaban J connectivity index is 1.93. The molecule has 0 saturated heterocycles. The van der Waals surface area contributed by atoms with Gasteiger partial charge in [0.15, 0.2) is 5.78 Å². The SMILES string of the molecule is C=CCCCC(=O)CC(=O)c1ccc2c(c1)C(CCCCCC)(CCCCCC)c1ccccc1-2. The van der Waals surface area contributed by atoms with Gasteiger partial charge in [-0.3, -0.25) is 9.59 Å². The van der Waals surface area contributed by atoms with Crippen molar-refractivity contribution < 1.29 is 9.59 Å². The van der Waals surface area contributed by atoms with Gasteiger partial charge >= 0.3 is 0 Å². The minimum absolute atomic E-state index is 0.00286. The number of allylic oxidation sites excluding steroid dienone is 1. The average molecular weight is 473 g/mol. The van der Waals surface area contributed by atoms with Gasteiger partial charge in [-0.1, -0.05) is 108 Å². The van der Waals surface area contributed by atoms with Crippen molar-refractivity contribution in [3.63, 3.8) is 0 Å². The molecular formula is C33H44O2. The smallest absolute Gasteiger partial charge is 0.170 e. The zero-order valence-electron chi connectivity index (χ0n) is 22.0. The Kier molecular flexibility index (Phi) is 10.5. The standard InChI is InChI=1S/C33H44O2/c1-4-7-10-15-22-33(23-16-11-8-5-2)30-19-14-13-18-28(30)29-21-20-26(24-31(29)33)32(35)25-27(34)17-12-9-6-3/h6,13-14,18-21,24H,3-5,7-12,15-17,22-23,25H2,1-2H3. The van der Waals surface area contributed by atoms with E-state index in [2.05, 4.69) is 56.8 Å². The van der Waals surface area contributed by atoms with Crippen molar-refractivity contribution in [1.29, 1.82) is 0 Å². The third-order valence-electron chi connectivity index (χ3n) is 7.73. The molecule has 35 heavy (non-hydrogen) atoms. The van der Waals surface area contributed by atoms with Crippen LogP contribution in [0.1, 0.15) is 125 Å². The molecule has 2 heteroatoms. The van der Waals surface area contributed by atoms with E-state index in [1.165, 1.54) is 73.6 Å². The molecule has 0 atom stereocenters. The molecular weight excluding hydrogens is 428 g/mol. The lowest BCUT2D eigenvalue weighted by molar-refractivity contribution is -0.118. The summed E-state index contributed by atoms with van der Waals surface area (Å²) in [5.74, 6) is -0.00995. The Hall–Kier alpha value is -2.48. The maximum atomic E-state index is 13.1. The minimum atomic E-state index is -0.0433. The second-order valence-electron chi connectivity index (χ2n) is 10.3. The molecule has 0 aromatic heterocycles. The fourth-order valence-electron chi connectivity index (χ4n) is 5.81. The van der Waals surface area contributed by atoms with Crippen molar-refractivity contribution in [2.45, 2.75) is 109 Å². The van der Waals surface area contributed by atoms with Crippen LogP contribution in [0.4, 0.5) is 0 Å². The van der Waals surface area contributed by atoms with Crippen LogP contribution in [0.2, 0.25) is 0 Å². The average Bonchev–Trinajstić information content (AvgIpc) is 3.14. The van der Waals surface area contributed by atoms with Crippen molar-refractivity contribution in [2.75, 3.05) is 0 Å². The molecule has 0 spiro atoms. The lowest BCUT2D eigenvalue weighted by Crippen LogP contribution is -2.26. The summed E-state index contributed by atoms with van der Waals surface area (Å²) in [6.07, 6.45) is 16.0. The van der Waals surface area contributed by atoms with Gasteiger partial charge in [0, 0.05) is 17.4 Å². The van der Waals surface area contributed by atoms with E-state index in [1.54, 1.807) is 0 Å². The van der Waals surface area contributed by atoms with Crippen LogP contribution in [0.3, 0.4) is 0 Å². The lowest BCUT2D eigenvalue weighted by atomic mass is 9.70. The van der Waals surface area contributed by atoms with Gasteiger partial charge in [0.2, 0.25) is 0 Å². The van der Waals surface area contributed by atoms with Crippen molar-refractivity contribution >= 4 is 11.6 Å². The fraction of sp³-hybridized carbons (Fsp3) is 0.515. The molecule has 3 rings (SSSR count). The third kappa shape index (κ3) is 6.60. The van der Waals surface area contributed by atoms with E-state index in [9.17, 15) is 9.59 Å². The molecule has 0 N–H and O–H groups in total. The van der Waals surface area contributed by atoms with Crippen LogP contribution in [-0.2, 0) is 10.2 Å². The van der Waals surface area contributed by atoms with Gasteiger partial charge in [-0.25, -0.2) is 0 Å². The highest BCUT2D eigenvalue weighted by Gasteiger charge is 2.42. The number of Topliss-reactive ketones (excluding diaryl/α,β-unsaturated/α-hetero) is 2. The number of benzene rings is 2. The summed E-state index contributed by atoms with van der Waals surface area (Å²) in [6.45, 7) is 8.24. The largest absolute Gasteiger partial charge is 0.299 e. The molecule has 0 radical (unpaired) electrons. The predicted molar refractivity (Wildman–Crippen MR) is 148 cm³/mol. The monoisotopic (exact) mass is 472 g/mol. The van der Waals surface area contributed by atoms with Crippen LogP contribution in [0.25, 0.3) is 11.1 Å². The van der Waals surface area contributed by atoms with Crippen LogP contribution >= 0.6 is 0 Å². The normalized spacial score (nSPS) is 13.3. The zero-order valence-corrected chi connectivity index (χ0v) is 22.0. The first kappa shape index (κ1) is 27.1. The molecule has 1 aliphatic carbocycles. The molecule has 0 heterocycles. The summed E-state index contributed by atoms with van der Waals surface area (Å²) >= 11 is 0. The van der Waals surface area contributed by atoms with Gasteiger partial charge in [0.25, 0.3) is 0 Å². The van der Waals surface area contributed by atoms with Crippen molar-refractivity contribution in [3.8, 4) is 11.1 Å². The van der Waals surface area contributed by atoms with Crippen molar-refractivity contribution in [3.05, 3.63) is 71.8 Å². The number of carbonyl (C=O) groups is 2. The van der Waals surface area contributed by atoms with E-state index in [0.717, 1.165) is 25.7 Å². The first-order valence-electron chi connectivity index (χ1n) is 14.0. The third-order valence-corrected chi connectivity index (χ3v) is 7.73. The highest BCUT2D eigenvalue weighted by atomic mass is 16.1. The number of hydrogen-bond donors (Lipinski definition) is 0. The van der Waals surface area contributed by atoms with Gasteiger partial charge < -0.3 is 0 Å². The van der Waals surface area contributed by atoms with E-state index in [1.807, 2.05) is 12.1 Å². The summed E-state index contributed by atoms with van der Waals surface area (Å²) in [5.41, 5.74) is 6.02. The molecule has 2 aromatic rings. The topological polar surface area (TPSA) is 34.1 Å². The lowest BCUT2D eigenvalue weighted by Gasteiger charge is -2.33. The van der Waals surface area contributed by atoms with Gasteiger partial charge in [-0.2, -0.15) is 0 Å². The number of carbonyl (C=O) groups excluding carboxylic acids is 2. The Bertz CT molecular complexity index is 988. The van der Waals surface area contributed by atoms with Crippen molar-refractivity contribution in [2.24, 2.45) is 0 Å². The number of fused-ring (bicyclic) bond motifs is 3. The van der Waals surface area contributed by atoms with Gasteiger partial charge in [-0.15, -0.1) is 6.58 Å². The summed E-state index contributed by atoms with van der Waals surface area (Å²) in [7, 11) is 0. The summed E-state index contributed by atoms with van der Waals surface area (Å²) in [5, 5.41) is 0. The van der Waals surface area contributed by atoms with E-state index >= 15 is 0 Å². The predicted octanol–water partition coefficient (Wildman–Crippen LogP) is 9.39. The second-order valence-corrected chi connectivity index (χ2v) is 10.3. The molecule has 2 nitrogen and oxygen atoms in total. The minimum Gasteiger partial charge on any atom is -0.299 e. The molecule has 0 amide bonds. The number of ketones is 2. The van der Waals surface area contributed by atoms with E-state index in [0.29, 0.717) is 12.0 Å². The summed E-state index contributed by atoms with van der Waals surface area (Å²) in [4.78, 5) is 25.5. The highest BCUT2D eigenvalue weighted by Crippen LogP contribution is 2.54. The van der Waals surface area contributed by atoms with Crippen LogP contribution in [-0.4, -0.2) is 11.6 Å². The fourth-order valence-corrected chi connectivity index (χ4v) is 5.81. The first-order valence-corrected chi connectivity index (χ1v) is 14.0. The molecule has 0 aliphatic heterocycles. The maximum absolute atomic E-state index is 13.1. The van der Waals surface area contributed by atoms with E-state index in [-0.39, 0.29) is 23.4 Å². The van der Waals surface area contributed by atoms with Crippen LogP contribution in [0, 0.1) is 0 Å². The molecule has 188 valence electrons. The summed E-state index contributed by atoms with van der Waals surface area (Å²) in [6, 6.07) is 15.1. The van der Waals surface area contributed by atoms with Crippen LogP contribution < -0.4 is 0 Å². The zero-order chi connectivity index (χ0) is 25.1. The Morgan fingerprint density at radius 1 is 0.800 bits per heavy atom. The quantitative estimate of drug-likeness (QED) is 0.0994. The Morgan fingerprint density at radius 3 is 2.11 bits per heavy atom. The number of unbranched alkanes of at least 4 members (excludes halogenated alkanes) is 7. The van der Waals surface area contributed by atoms with E-state index < -0.39 is 0 Å². The molecule has 0 bridgehead atoms. The van der Waals surface area contributed by atoms with Gasteiger partial charge in [0.1, 0.15) is 5.78 Å². The van der Waals surface area contributed by atoms with Gasteiger partial charge in [0.05, 0.1) is 6.42 Å². The Labute approximate surface area is 213 Å².